The van der Waals surface area contributed by atoms with Gasteiger partial charge in [-0.2, -0.15) is 13.2 Å². The number of amides is 1. The Labute approximate surface area is 193 Å². The van der Waals surface area contributed by atoms with Gasteiger partial charge < -0.3 is 15.4 Å². The van der Waals surface area contributed by atoms with Gasteiger partial charge in [-0.3, -0.25) is 10.2 Å². The van der Waals surface area contributed by atoms with Crippen molar-refractivity contribution in [3.05, 3.63) is 94.5 Å². The number of carbonyl (C=O) groups excluding carboxylic acids is 1. The van der Waals surface area contributed by atoms with Gasteiger partial charge >= 0.3 is 6.18 Å². The molecular weight excluding hydrogens is 455 g/mol. The van der Waals surface area contributed by atoms with Crippen LogP contribution in [-0.4, -0.2) is 18.9 Å². The monoisotopic (exact) mass is 473 g/mol. The van der Waals surface area contributed by atoms with Gasteiger partial charge in [-0.1, -0.05) is 60.1 Å². The van der Waals surface area contributed by atoms with Gasteiger partial charge in [0, 0.05) is 17.3 Å². The van der Waals surface area contributed by atoms with Crippen molar-refractivity contribution in [1.29, 1.82) is 5.41 Å². The van der Waals surface area contributed by atoms with E-state index in [1.807, 2.05) is 6.07 Å². The Morgan fingerprint density at radius 2 is 1.70 bits per heavy atom. The van der Waals surface area contributed by atoms with Crippen LogP contribution in [-0.2, 0) is 11.0 Å². The molecule has 5 nitrogen and oxygen atoms in total. The molecule has 3 aromatic rings. The molecule has 0 saturated carbocycles. The number of rotatable bonds is 6. The smallest absolute Gasteiger partial charge is 0.416 e. The molecule has 0 fully saturated rings. The summed E-state index contributed by atoms with van der Waals surface area (Å²) in [6, 6.07) is 16.8. The number of benzene rings is 3. The van der Waals surface area contributed by atoms with Crippen LogP contribution in [0.25, 0.3) is 6.08 Å². The number of amidine groups is 1. The van der Waals surface area contributed by atoms with E-state index in [9.17, 15) is 18.0 Å². The fraction of sp³-hybridized carbons (Fsp3) is 0.0833. The van der Waals surface area contributed by atoms with Crippen LogP contribution in [0.2, 0.25) is 5.02 Å². The maximum atomic E-state index is 13.1. The maximum absolute atomic E-state index is 13.1. The molecule has 0 aliphatic carbocycles. The molecule has 0 aromatic heterocycles. The highest BCUT2D eigenvalue weighted by Gasteiger charge is 2.32. The molecule has 3 rings (SSSR count). The molecule has 9 heteroatoms. The van der Waals surface area contributed by atoms with Gasteiger partial charge in [-0.05, 0) is 29.8 Å². The van der Waals surface area contributed by atoms with Gasteiger partial charge in [0.1, 0.15) is 5.84 Å². The number of alkyl halides is 3. The summed E-state index contributed by atoms with van der Waals surface area (Å²) < 4.78 is 44.7. The first-order valence-electron chi connectivity index (χ1n) is 9.63. The third-order valence-corrected chi connectivity index (χ3v) is 4.80. The van der Waals surface area contributed by atoms with Crippen molar-refractivity contribution in [3.8, 4) is 5.75 Å². The van der Waals surface area contributed by atoms with Crippen molar-refractivity contribution >= 4 is 40.8 Å². The van der Waals surface area contributed by atoms with Crippen molar-refractivity contribution in [3.63, 3.8) is 0 Å². The number of nitrogens with one attached hydrogen (secondary N) is 3. The Morgan fingerprint density at radius 3 is 2.36 bits per heavy atom. The average molecular weight is 474 g/mol. The molecule has 0 aliphatic heterocycles. The first-order chi connectivity index (χ1) is 15.7. The zero-order chi connectivity index (χ0) is 24.0. The molecule has 170 valence electrons. The van der Waals surface area contributed by atoms with Crippen LogP contribution in [0, 0.1) is 5.41 Å². The molecule has 0 saturated heterocycles. The van der Waals surface area contributed by atoms with Crippen LogP contribution in [0.4, 0.5) is 24.5 Å². The van der Waals surface area contributed by atoms with Crippen LogP contribution < -0.4 is 15.4 Å². The Morgan fingerprint density at radius 1 is 1.03 bits per heavy atom. The Hall–Kier alpha value is -3.78. The van der Waals surface area contributed by atoms with Crippen molar-refractivity contribution in [2.75, 3.05) is 17.7 Å². The first kappa shape index (κ1) is 23.9. The molecular formula is C24H19ClF3N3O2. The number of carbonyl (C=O) groups is 1. The zero-order valence-corrected chi connectivity index (χ0v) is 18.1. The quantitative estimate of drug-likeness (QED) is 0.218. The fourth-order valence-corrected chi connectivity index (χ4v) is 3.32. The van der Waals surface area contributed by atoms with E-state index in [0.29, 0.717) is 11.3 Å². The van der Waals surface area contributed by atoms with Crippen LogP contribution >= 0.6 is 11.6 Å². The van der Waals surface area contributed by atoms with Gasteiger partial charge in [0.2, 0.25) is 5.91 Å². The number of methoxy groups -OCH3 is 1. The van der Waals surface area contributed by atoms with Crippen LogP contribution in [0.15, 0.2) is 72.8 Å². The van der Waals surface area contributed by atoms with E-state index in [1.165, 1.54) is 37.4 Å². The van der Waals surface area contributed by atoms with E-state index < -0.39 is 17.6 Å². The van der Waals surface area contributed by atoms with E-state index in [4.69, 9.17) is 21.7 Å². The van der Waals surface area contributed by atoms with Gasteiger partial charge in [0.25, 0.3) is 0 Å². The van der Waals surface area contributed by atoms with Gasteiger partial charge in [-0.25, -0.2) is 0 Å². The predicted molar refractivity (Wildman–Crippen MR) is 124 cm³/mol. The second-order valence-corrected chi connectivity index (χ2v) is 7.22. The molecule has 0 radical (unpaired) electrons. The average Bonchev–Trinajstić information content (AvgIpc) is 2.78. The molecule has 3 N–H and O–H groups in total. The summed E-state index contributed by atoms with van der Waals surface area (Å²) in [5, 5.41) is 13.9. The van der Waals surface area contributed by atoms with Crippen LogP contribution in [0.5, 0.6) is 5.75 Å². The van der Waals surface area contributed by atoms with Crippen molar-refractivity contribution in [2.24, 2.45) is 0 Å². The summed E-state index contributed by atoms with van der Waals surface area (Å²) in [7, 11) is 1.41. The minimum atomic E-state index is -4.54. The van der Waals surface area contributed by atoms with E-state index in [2.05, 4.69) is 10.6 Å². The van der Waals surface area contributed by atoms with Crippen molar-refractivity contribution in [2.45, 2.75) is 6.18 Å². The summed E-state index contributed by atoms with van der Waals surface area (Å²) in [6.07, 6.45) is -2.44. The minimum Gasteiger partial charge on any atom is -0.493 e. The van der Waals surface area contributed by atoms with Gasteiger partial charge in [0.15, 0.2) is 5.75 Å². The molecule has 0 atom stereocenters. The molecule has 0 heterocycles. The Bertz CT molecular complexity index is 1200. The number of ether oxygens (including phenoxy) is 1. The summed E-state index contributed by atoms with van der Waals surface area (Å²) in [4.78, 5) is 12.4. The lowest BCUT2D eigenvalue weighted by molar-refractivity contribution is -0.137. The number of anilines is 2. The minimum absolute atomic E-state index is 0.0806. The van der Waals surface area contributed by atoms with E-state index in [1.54, 1.807) is 24.3 Å². The lowest BCUT2D eigenvalue weighted by Gasteiger charge is -2.15. The summed E-state index contributed by atoms with van der Waals surface area (Å²) in [5.74, 6) is -0.306. The Kier molecular flexibility index (Phi) is 7.40. The number of hydrogen-bond donors (Lipinski definition) is 3. The largest absolute Gasteiger partial charge is 0.493 e. The van der Waals surface area contributed by atoms with Crippen molar-refractivity contribution in [1.82, 2.24) is 0 Å². The second-order valence-electron chi connectivity index (χ2n) is 6.81. The maximum Gasteiger partial charge on any atom is 0.416 e. The topological polar surface area (TPSA) is 74.2 Å². The highest BCUT2D eigenvalue weighted by Crippen LogP contribution is 2.37. The molecule has 33 heavy (non-hydrogen) atoms. The van der Waals surface area contributed by atoms with E-state index >= 15 is 0 Å². The molecule has 3 aromatic carbocycles. The molecule has 0 bridgehead atoms. The summed E-state index contributed by atoms with van der Waals surface area (Å²) in [5.41, 5.74) is 0.249. The predicted octanol–water partition coefficient (Wildman–Crippen LogP) is 6.46. The zero-order valence-electron chi connectivity index (χ0n) is 17.3. The lowest BCUT2D eigenvalue weighted by atomic mass is 10.1. The highest BCUT2D eigenvalue weighted by atomic mass is 35.5. The molecule has 0 unspecified atom stereocenters. The third kappa shape index (κ3) is 6.14. The second kappa shape index (κ2) is 10.2. The van der Waals surface area contributed by atoms with Crippen molar-refractivity contribution < 1.29 is 22.7 Å². The molecule has 1 amide bonds. The van der Waals surface area contributed by atoms with Crippen LogP contribution in [0.1, 0.15) is 16.7 Å². The van der Waals surface area contributed by atoms with E-state index in [0.717, 1.165) is 18.2 Å². The number of hydrogen-bond acceptors (Lipinski definition) is 3. The fourth-order valence-electron chi connectivity index (χ4n) is 3.03. The normalized spacial score (nSPS) is 11.3. The lowest BCUT2D eigenvalue weighted by Crippen LogP contribution is -2.14. The van der Waals surface area contributed by atoms with Gasteiger partial charge in [0.05, 0.1) is 23.4 Å². The number of halogens is 4. The summed E-state index contributed by atoms with van der Waals surface area (Å²) in [6.45, 7) is 0. The standard InChI is InChI=1S/C24H19ClF3N3O2/c1-33-22-19(25)13-17(14-20(22)31-23(29)16-8-3-2-4-9-16)30-21(32)12-11-15-7-5-6-10-18(15)24(26,27)28/h2-14H,1H3,(H2,29,31)(H,30,32)/b12-11+. The highest BCUT2D eigenvalue weighted by molar-refractivity contribution is 6.33. The SMILES string of the molecule is COc1c(Cl)cc(NC(=O)/C=C/c2ccccc2C(F)(F)F)cc1NC(=N)c1ccccc1. The Balaban J connectivity index is 1.81. The summed E-state index contributed by atoms with van der Waals surface area (Å²) >= 11 is 6.26. The molecule has 0 spiro atoms. The third-order valence-electron chi connectivity index (χ3n) is 4.52. The molecule has 0 aliphatic rings. The van der Waals surface area contributed by atoms with Crippen LogP contribution in [0.3, 0.4) is 0 Å². The van der Waals surface area contributed by atoms with E-state index in [-0.39, 0.29) is 27.9 Å². The first-order valence-corrected chi connectivity index (χ1v) is 10.0. The van der Waals surface area contributed by atoms with Gasteiger partial charge in [-0.15, -0.1) is 0 Å².